The van der Waals surface area contributed by atoms with Gasteiger partial charge in [0.05, 0.1) is 0 Å². The van der Waals surface area contributed by atoms with Gasteiger partial charge in [-0.15, -0.1) is 0 Å². The van der Waals surface area contributed by atoms with Crippen molar-refractivity contribution in [3.8, 4) is 11.1 Å². The van der Waals surface area contributed by atoms with Crippen LogP contribution >= 0.6 is 0 Å². The molecule has 3 aromatic rings. The van der Waals surface area contributed by atoms with Gasteiger partial charge < -0.3 is 19.3 Å². The van der Waals surface area contributed by atoms with E-state index in [4.69, 9.17) is 9.84 Å². The zero-order valence-corrected chi connectivity index (χ0v) is 17.6. The fraction of sp³-hybridized carbons (Fsp3) is 0.320. The van der Waals surface area contributed by atoms with Crippen molar-refractivity contribution in [2.75, 3.05) is 26.3 Å². The zero-order chi connectivity index (χ0) is 22.2. The number of nitrogens with zero attached hydrogens (tertiary/aromatic N) is 2. The predicted molar refractivity (Wildman–Crippen MR) is 120 cm³/mol. The molecule has 7 nitrogen and oxygen atoms in total. The average molecular weight is 432 g/mol. The van der Waals surface area contributed by atoms with Crippen molar-refractivity contribution in [1.82, 2.24) is 9.47 Å². The number of hydrogen-bond acceptors (Lipinski definition) is 4. The molecule has 1 saturated heterocycles. The number of carboxylic acids is 1. The van der Waals surface area contributed by atoms with E-state index in [-0.39, 0.29) is 29.9 Å². The smallest absolute Gasteiger partial charge is 0.329 e. The molecule has 2 aliphatic rings. The molecule has 1 fully saturated rings. The van der Waals surface area contributed by atoms with Crippen LogP contribution < -0.4 is 5.56 Å². The van der Waals surface area contributed by atoms with E-state index < -0.39 is 12.6 Å². The van der Waals surface area contributed by atoms with Crippen LogP contribution in [-0.2, 0) is 20.9 Å². The Balaban J connectivity index is 1.48. The molecule has 2 bridgehead atoms. The molecule has 2 aromatic carbocycles. The zero-order valence-electron chi connectivity index (χ0n) is 17.6. The van der Waals surface area contributed by atoms with Gasteiger partial charge in [0.25, 0.3) is 5.56 Å². The van der Waals surface area contributed by atoms with Gasteiger partial charge in [0.1, 0.15) is 13.2 Å². The number of hydrogen-bond donors (Lipinski definition) is 1. The lowest BCUT2D eigenvalue weighted by atomic mass is 9.80. The lowest BCUT2D eigenvalue weighted by Crippen LogP contribution is -2.50. The van der Waals surface area contributed by atoms with Gasteiger partial charge in [0, 0.05) is 42.9 Å². The van der Waals surface area contributed by atoms with Crippen LogP contribution in [0.3, 0.4) is 0 Å². The van der Waals surface area contributed by atoms with Gasteiger partial charge in [-0.3, -0.25) is 9.59 Å². The number of piperidine rings is 1. The van der Waals surface area contributed by atoms with E-state index in [1.54, 1.807) is 11.0 Å². The van der Waals surface area contributed by atoms with E-state index >= 15 is 0 Å². The highest BCUT2D eigenvalue weighted by Gasteiger charge is 2.37. The number of carbonyl (C=O) groups is 2. The fourth-order valence-corrected chi connectivity index (χ4v) is 5.14. The number of carboxylic acid groups (broad SMARTS) is 1. The van der Waals surface area contributed by atoms with E-state index in [1.807, 2.05) is 22.8 Å². The Morgan fingerprint density at radius 2 is 1.78 bits per heavy atom. The molecule has 2 aliphatic heterocycles. The monoisotopic (exact) mass is 432 g/mol. The molecule has 32 heavy (non-hydrogen) atoms. The van der Waals surface area contributed by atoms with Crippen LogP contribution in [0.15, 0.2) is 59.4 Å². The molecule has 0 spiro atoms. The molecule has 7 heteroatoms. The Bertz CT molecular complexity index is 1260. The number of fused-ring (bicyclic) bond motifs is 5. The first-order valence-electron chi connectivity index (χ1n) is 10.8. The molecule has 164 valence electrons. The third-order valence-corrected chi connectivity index (χ3v) is 6.45. The topological polar surface area (TPSA) is 88.8 Å². The van der Waals surface area contributed by atoms with Crippen LogP contribution in [0.4, 0.5) is 0 Å². The number of benzene rings is 2. The van der Waals surface area contributed by atoms with Gasteiger partial charge in [-0.25, -0.2) is 4.79 Å². The number of aromatic nitrogens is 1. The molecule has 1 amide bonds. The van der Waals surface area contributed by atoms with Crippen molar-refractivity contribution in [2.24, 2.45) is 5.92 Å². The van der Waals surface area contributed by atoms with Crippen molar-refractivity contribution in [3.63, 3.8) is 0 Å². The second-order valence-corrected chi connectivity index (χ2v) is 8.63. The standard InChI is InChI=1S/C25H24N2O5/c28-22-8-7-21(19-6-5-17-3-1-2-4-18(17)10-19)25-20-9-16(12-27(22)25)11-26(13-20)23(29)14-32-15-24(30)31/h1-8,10,16,20H,9,11-15H2,(H,30,31). The first-order valence-corrected chi connectivity index (χ1v) is 10.8. The maximum Gasteiger partial charge on any atom is 0.329 e. The minimum absolute atomic E-state index is 0.0104. The normalized spacial score (nSPS) is 19.6. The van der Waals surface area contributed by atoms with Crippen molar-refractivity contribution in [2.45, 2.75) is 18.9 Å². The van der Waals surface area contributed by atoms with Gasteiger partial charge >= 0.3 is 5.97 Å². The summed E-state index contributed by atoms with van der Waals surface area (Å²) in [5, 5.41) is 11.0. The first-order chi connectivity index (χ1) is 15.5. The maximum atomic E-state index is 12.7. The number of carbonyl (C=O) groups excluding carboxylic acids is 1. The molecule has 5 rings (SSSR count). The van der Waals surface area contributed by atoms with Crippen molar-refractivity contribution in [1.29, 1.82) is 0 Å². The first kappa shape index (κ1) is 20.5. The van der Waals surface area contributed by atoms with Crippen LogP contribution in [0.2, 0.25) is 0 Å². The predicted octanol–water partition coefficient (Wildman–Crippen LogP) is 2.72. The summed E-state index contributed by atoms with van der Waals surface area (Å²) in [5.74, 6) is -1.07. The number of aliphatic carboxylic acids is 1. The number of likely N-dealkylation sites (tertiary alicyclic amines) is 1. The highest BCUT2D eigenvalue weighted by atomic mass is 16.5. The van der Waals surface area contributed by atoms with Gasteiger partial charge in [-0.2, -0.15) is 0 Å². The second kappa shape index (κ2) is 8.24. The molecule has 1 N–H and O–H groups in total. The van der Waals surface area contributed by atoms with E-state index in [0.29, 0.717) is 19.6 Å². The largest absolute Gasteiger partial charge is 0.480 e. The molecule has 0 saturated carbocycles. The number of rotatable bonds is 5. The van der Waals surface area contributed by atoms with E-state index in [0.717, 1.165) is 34.0 Å². The fourth-order valence-electron chi connectivity index (χ4n) is 5.14. The average Bonchev–Trinajstić information content (AvgIpc) is 2.79. The van der Waals surface area contributed by atoms with Crippen LogP contribution in [0.1, 0.15) is 18.0 Å². The van der Waals surface area contributed by atoms with Crippen molar-refractivity contribution >= 4 is 22.6 Å². The summed E-state index contributed by atoms with van der Waals surface area (Å²) in [5.41, 5.74) is 3.05. The number of ether oxygens (including phenoxy) is 1. The summed E-state index contributed by atoms with van der Waals surface area (Å²) in [6.45, 7) is 0.890. The van der Waals surface area contributed by atoms with E-state index in [9.17, 15) is 14.4 Å². The maximum absolute atomic E-state index is 12.7. The summed E-state index contributed by atoms with van der Waals surface area (Å²) < 4.78 is 6.89. The molecular formula is C25H24N2O5. The van der Waals surface area contributed by atoms with Crippen molar-refractivity contribution < 1.29 is 19.4 Å². The van der Waals surface area contributed by atoms with Crippen LogP contribution in [0.5, 0.6) is 0 Å². The Hall–Kier alpha value is -3.45. The van der Waals surface area contributed by atoms with Crippen LogP contribution in [-0.4, -0.2) is 52.8 Å². The molecule has 2 unspecified atom stereocenters. The Kier molecular flexibility index (Phi) is 5.27. The minimum Gasteiger partial charge on any atom is -0.480 e. The minimum atomic E-state index is -1.10. The third-order valence-electron chi connectivity index (χ3n) is 6.45. The molecule has 3 heterocycles. The van der Waals surface area contributed by atoms with Crippen molar-refractivity contribution in [3.05, 3.63) is 70.6 Å². The molecule has 1 aromatic heterocycles. The van der Waals surface area contributed by atoms with Gasteiger partial charge in [0.15, 0.2) is 0 Å². The second-order valence-electron chi connectivity index (χ2n) is 8.63. The lowest BCUT2D eigenvalue weighted by Gasteiger charge is -2.43. The number of pyridine rings is 1. The summed E-state index contributed by atoms with van der Waals surface area (Å²) in [6.07, 6.45) is 0.920. The highest BCUT2D eigenvalue weighted by molar-refractivity contribution is 5.87. The molecule has 0 radical (unpaired) electrons. The highest BCUT2D eigenvalue weighted by Crippen LogP contribution is 2.40. The van der Waals surface area contributed by atoms with E-state index in [2.05, 4.69) is 30.3 Å². The lowest BCUT2D eigenvalue weighted by molar-refractivity contribution is -0.146. The Morgan fingerprint density at radius 1 is 0.969 bits per heavy atom. The summed E-state index contributed by atoms with van der Waals surface area (Å²) in [4.78, 5) is 37.8. The Labute approximate surface area is 184 Å². The summed E-state index contributed by atoms with van der Waals surface area (Å²) >= 11 is 0. The SMILES string of the molecule is O=C(O)COCC(=O)N1CC2CC(C1)c1c(-c3ccc4ccccc4c3)ccc(=O)n1C2. The van der Waals surface area contributed by atoms with Crippen LogP contribution in [0.25, 0.3) is 21.9 Å². The quantitative estimate of drug-likeness (QED) is 0.670. The van der Waals surface area contributed by atoms with Gasteiger partial charge in [-0.1, -0.05) is 36.4 Å². The van der Waals surface area contributed by atoms with E-state index in [1.165, 1.54) is 0 Å². The molecule has 2 atom stereocenters. The number of amides is 1. The summed E-state index contributed by atoms with van der Waals surface area (Å²) in [6, 6.07) is 18.0. The van der Waals surface area contributed by atoms with Gasteiger partial charge in [-0.05, 0) is 40.8 Å². The van der Waals surface area contributed by atoms with Crippen LogP contribution in [0, 0.1) is 5.92 Å². The third kappa shape index (κ3) is 3.80. The molecular weight excluding hydrogens is 408 g/mol. The molecule has 0 aliphatic carbocycles. The Morgan fingerprint density at radius 3 is 2.59 bits per heavy atom. The van der Waals surface area contributed by atoms with Gasteiger partial charge in [0.2, 0.25) is 5.91 Å². The summed E-state index contributed by atoms with van der Waals surface area (Å²) in [7, 11) is 0.